The Kier molecular flexibility index (Phi) is 4.06. The van der Waals surface area contributed by atoms with Crippen LogP contribution in [0.25, 0.3) is 0 Å². The summed E-state index contributed by atoms with van der Waals surface area (Å²) in [6, 6.07) is 10.6. The van der Waals surface area contributed by atoms with Crippen LogP contribution in [0, 0.1) is 15.2 Å². The summed E-state index contributed by atoms with van der Waals surface area (Å²) in [5, 5.41) is 0. The summed E-state index contributed by atoms with van der Waals surface area (Å²) in [7, 11) is 0. The monoisotopic (exact) mass is 358 g/mol. The van der Waals surface area contributed by atoms with Crippen LogP contribution in [0.5, 0.6) is 0 Å². The number of carbonyl (C=O) groups excluding carboxylic acids is 1. The number of hydrogen-bond acceptors (Lipinski definition) is 1. The van der Waals surface area contributed by atoms with Crippen molar-refractivity contribution in [1.82, 2.24) is 0 Å². The molecule has 0 fully saturated rings. The molecule has 0 atom stereocenters. The van der Waals surface area contributed by atoms with Gasteiger partial charge in [-0.25, -0.2) is 8.78 Å². The van der Waals surface area contributed by atoms with Crippen LogP contribution in [-0.2, 0) is 6.42 Å². The van der Waals surface area contributed by atoms with Crippen molar-refractivity contribution in [3.63, 3.8) is 0 Å². The van der Waals surface area contributed by atoms with Gasteiger partial charge in [-0.1, -0.05) is 18.2 Å². The van der Waals surface area contributed by atoms with E-state index in [1.807, 2.05) is 12.1 Å². The molecule has 0 spiro atoms. The van der Waals surface area contributed by atoms with Crippen LogP contribution in [0.1, 0.15) is 15.9 Å². The van der Waals surface area contributed by atoms with E-state index in [0.717, 1.165) is 15.7 Å². The van der Waals surface area contributed by atoms with Crippen molar-refractivity contribution in [1.29, 1.82) is 0 Å². The molecular weight excluding hydrogens is 349 g/mol. The van der Waals surface area contributed by atoms with E-state index in [4.69, 9.17) is 0 Å². The van der Waals surface area contributed by atoms with Gasteiger partial charge in [0.05, 0.1) is 0 Å². The molecule has 1 nitrogen and oxygen atoms in total. The summed E-state index contributed by atoms with van der Waals surface area (Å²) in [6.07, 6.45) is 0.0673. The van der Waals surface area contributed by atoms with Crippen LogP contribution in [0.4, 0.5) is 8.78 Å². The van der Waals surface area contributed by atoms with Crippen molar-refractivity contribution in [3.8, 4) is 0 Å². The van der Waals surface area contributed by atoms with Crippen molar-refractivity contribution in [2.45, 2.75) is 6.42 Å². The third-order valence-electron chi connectivity index (χ3n) is 2.51. The molecule has 2 aromatic rings. The molecule has 0 unspecified atom stereocenters. The first-order valence-corrected chi connectivity index (χ1v) is 6.37. The summed E-state index contributed by atoms with van der Waals surface area (Å²) in [6.45, 7) is 0. The molecule has 2 aromatic carbocycles. The van der Waals surface area contributed by atoms with Crippen LogP contribution in [0.15, 0.2) is 42.5 Å². The van der Waals surface area contributed by atoms with E-state index in [2.05, 4.69) is 22.6 Å². The number of carbonyl (C=O) groups is 1. The molecule has 18 heavy (non-hydrogen) atoms. The second-order valence-corrected chi connectivity index (χ2v) is 5.10. The molecule has 0 bridgehead atoms. The quantitative estimate of drug-likeness (QED) is 0.599. The summed E-state index contributed by atoms with van der Waals surface area (Å²) >= 11 is 2.15. The lowest BCUT2D eigenvalue weighted by molar-refractivity contribution is 0.0993. The third kappa shape index (κ3) is 3.13. The first-order valence-electron chi connectivity index (χ1n) is 5.29. The Hall–Kier alpha value is -1.30. The molecule has 0 aliphatic carbocycles. The van der Waals surface area contributed by atoms with E-state index < -0.39 is 11.6 Å². The number of hydrogen-bond donors (Lipinski definition) is 0. The number of benzene rings is 2. The first-order chi connectivity index (χ1) is 8.56. The highest BCUT2D eigenvalue weighted by Crippen LogP contribution is 2.13. The topological polar surface area (TPSA) is 17.1 Å². The van der Waals surface area contributed by atoms with E-state index in [0.29, 0.717) is 11.1 Å². The standard InChI is InChI=1S/C14H9F2IO/c15-12-6-1-9(7-13(12)16)8-14(18)10-2-4-11(17)5-3-10/h1-7H,8H2. The largest absolute Gasteiger partial charge is 0.294 e. The van der Waals surface area contributed by atoms with Gasteiger partial charge >= 0.3 is 0 Å². The minimum Gasteiger partial charge on any atom is -0.294 e. The summed E-state index contributed by atoms with van der Waals surface area (Å²) in [5.74, 6) is -1.94. The third-order valence-corrected chi connectivity index (χ3v) is 3.23. The van der Waals surface area contributed by atoms with E-state index in [9.17, 15) is 13.6 Å². The van der Waals surface area contributed by atoms with E-state index >= 15 is 0 Å². The number of Topliss-reactive ketones (excluding diaryl/α,β-unsaturated/α-hetero) is 1. The SMILES string of the molecule is O=C(Cc1ccc(F)c(F)c1)c1ccc(I)cc1. The van der Waals surface area contributed by atoms with Crippen LogP contribution < -0.4 is 0 Å². The molecule has 0 saturated heterocycles. The molecular formula is C14H9F2IO. The molecule has 0 aliphatic heterocycles. The fraction of sp³-hybridized carbons (Fsp3) is 0.0714. The van der Waals surface area contributed by atoms with Crippen molar-refractivity contribution >= 4 is 28.4 Å². The molecule has 0 N–H and O–H groups in total. The Morgan fingerprint density at radius 1 is 1.00 bits per heavy atom. The Bertz CT molecular complexity index is 579. The van der Waals surface area contributed by atoms with Crippen molar-refractivity contribution in [3.05, 3.63) is 68.8 Å². The number of ketones is 1. The molecule has 0 aromatic heterocycles. The molecule has 0 saturated carbocycles. The zero-order valence-corrected chi connectivity index (χ0v) is 11.4. The lowest BCUT2D eigenvalue weighted by Gasteiger charge is -2.02. The van der Waals surface area contributed by atoms with E-state index in [1.54, 1.807) is 12.1 Å². The second-order valence-electron chi connectivity index (χ2n) is 3.86. The van der Waals surface area contributed by atoms with E-state index in [-0.39, 0.29) is 12.2 Å². The van der Waals surface area contributed by atoms with Crippen molar-refractivity contribution < 1.29 is 13.6 Å². The van der Waals surface area contributed by atoms with Gasteiger partial charge in [0, 0.05) is 15.6 Å². The van der Waals surface area contributed by atoms with Crippen LogP contribution in [0.2, 0.25) is 0 Å². The molecule has 2 rings (SSSR count). The molecule has 0 heterocycles. The lowest BCUT2D eigenvalue weighted by atomic mass is 10.0. The van der Waals surface area contributed by atoms with Crippen LogP contribution >= 0.6 is 22.6 Å². The summed E-state index contributed by atoms with van der Waals surface area (Å²) in [5.41, 5.74) is 1.04. The van der Waals surface area contributed by atoms with Gasteiger partial charge in [0.25, 0.3) is 0 Å². The maximum Gasteiger partial charge on any atom is 0.167 e. The summed E-state index contributed by atoms with van der Waals surface area (Å²) < 4.78 is 26.8. The zero-order chi connectivity index (χ0) is 13.1. The van der Waals surface area contributed by atoms with Gasteiger partial charge < -0.3 is 0 Å². The predicted molar refractivity (Wildman–Crippen MR) is 73.6 cm³/mol. The average molecular weight is 358 g/mol. The molecule has 4 heteroatoms. The lowest BCUT2D eigenvalue weighted by Crippen LogP contribution is -2.04. The minimum atomic E-state index is -0.928. The van der Waals surface area contributed by atoms with Gasteiger partial charge in [-0.15, -0.1) is 0 Å². The zero-order valence-electron chi connectivity index (χ0n) is 9.29. The summed E-state index contributed by atoms with van der Waals surface area (Å²) in [4.78, 5) is 11.9. The first kappa shape index (κ1) is 13.1. The van der Waals surface area contributed by atoms with Gasteiger partial charge in [-0.2, -0.15) is 0 Å². The average Bonchev–Trinajstić information content (AvgIpc) is 2.34. The minimum absolute atomic E-state index is 0.0673. The maximum atomic E-state index is 13.0. The van der Waals surface area contributed by atoms with Crippen molar-refractivity contribution in [2.75, 3.05) is 0 Å². The molecule has 0 aliphatic rings. The molecule has 92 valence electrons. The Balaban J connectivity index is 2.16. The predicted octanol–water partition coefficient (Wildman–Crippen LogP) is 3.99. The highest BCUT2D eigenvalue weighted by atomic mass is 127. The van der Waals surface area contributed by atoms with Gasteiger partial charge in [-0.05, 0) is 52.4 Å². The highest BCUT2D eigenvalue weighted by Gasteiger charge is 2.09. The van der Waals surface area contributed by atoms with E-state index in [1.165, 1.54) is 6.07 Å². The fourth-order valence-electron chi connectivity index (χ4n) is 1.57. The molecule has 0 amide bonds. The van der Waals surface area contributed by atoms with Gasteiger partial charge in [0.2, 0.25) is 0 Å². The van der Waals surface area contributed by atoms with Gasteiger partial charge in [0.1, 0.15) is 0 Å². The normalized spacial score (nSPS) is 10.4. The number of rotatable bonds is 3. The number of halogens is 3. The Morgan fingerprint density at radius 3 is 2.28 bits per heavy atom. The van der Waals surface area contributed by atoms with Crippen LogP contribution in [-0.4, -0.2) is 5.78 Å². The highest BCUT2D eigenvalue weighted by molar-refractivity contribution is 14.1. The Labute approximate surface area is 117 Å². The van der Waals surface area contributed by atoms with Crippen LogP contribution in [0.3, 0.4) is 0 Å². The molecule has 0 radical (unpaired) electrons. The van der Waals surface area contributed by atoms with Crippen molar-refractivity contribution in [2.24, 2.45) is 0 Å². The Morgan fingerprint density at radius 2 is 1.67 bits per heavy atom. The second kappa shape index (κ2) is 5.56. The smallest absolute Gasteiger partial charge is 0.167 e. The maximum absolute atomic E-state index is 13.0. The van der Waals surface area contributed by atoms with Gasteiger partial charge in [-0.3, -0.25) is 4.79 Å². The fourth-order valence-corrected chi connectivity index (χ4v) is 1.93. The van der Waals surface area contributed by atoms with Gasteiger partial charge in [0.15, 0.2) is 17.4 Å².